The summed E-state index contributed by atoms with van der Waals surface area (Å²) >= 11 is 0. The number of carbonyl (C=O) groups is 2. The molecule has 1 aromatic rings. The smallest absolute Gasteiger partial charge is 0.255 e. The minimum atomic E-state index is -0.549. The lowest BCUT2D eigenvalue weighted by atomic mass is 10.2. The van der Waals surface area contributed by atoms with Gasteiger partial charge in [-0.1, -0.05) is 6.07 Å². The molecule has 0 radical (unpaired) electrons. The van der Waals surface area contributed by atoms with Gasteiger partial charge in [0.15, 0.2) is 6.61 Å². The second-order valence-corrected chi connectivity index (χ2v) is 3.72. The molecule has 0 atom stereocenters. The number of anilines is 1. The van der Waals surface area contributed by atoms with Crippen molar-refractivity contribution in [2.75, 3.05) is 18.5 Å². The van der Waals surface area contributed by atoms with Gasteiger partial charge >= 0.3 is 0 Å². The molecule has 98 valence electrons. The standard InChI is InChI=1S/C12H17N3O3/c13-6-2-5-12(17)15-9-3-1-4-10(7-9)18-8-11(14)16/h1,3-4,7H,2,5-6,8,13H2,(H2,14,16)(H,15,17). The normalized spacial score (nSPS) is 9.83. The molecule has 2 amide bonds. The summed E-state index contributed by atoms with van der Waals surface area (Å²) in [4.78, 5) is 22.0. The number of ether oxygens (including phenoxy) is 1. The van der Waals surface area contributed by atoms with E-state index >= 15 is 0 Å². The number of rotatable bonds is 7. The fourth-order valence-corrected chi connectivity index (χ4v) is 1.30. The average molecular weight is 251 g/mol. The second kappa shape index (κ2) is 7.29. The zero-order valence-electron chi connectivity index (χ0n) is 10.0. The van der Waals surface area contributed by atoms with Crippen molar-refractivity contribution in [1.82, 2.24) is 0 Å². The monoisotopic (exact) mass is 251 g/mol. The molecule has 0 fully saturated rings. The quantitative estimate of drug-likeness (QED) is 0.644. The SMILES string of the molecule is NCCCC(=O)Nc1cccc(OCC(N)=O)c1. The topological polar surface area (TPSA) is 107 Å². The number of amides is 2. The maximum Gasteiger partial charge on any atom is 0.255 e. The summed E-state index contributed by atoms with van der Waals surface area (Å²) in [6.07, 6.45) is 1.02. The Morgan fingerprint density at radius 3 is 2.78 bits per heavy atom. The molecule has 0 aliphatic heterocycles. The molecular weight excluding hydrogens is 234 g/mol. The summed E-state index contributed by atoms with van der Waals surface area (Å²) in [5.74, 6) is -0.176. The lowest BCUT2D eigenvalue weighted by Gasteiger charge is -2.07. The number of primary amides is 1. The van der Waals surface area contributed by atoms with Crippen LogP contribution in [0.25, 0.3) is 0 Å². The number of hydrogen-bond donors (Lipinski definition) is 3. The van der Waals surface area contributed by atoms with E-state index in [0.717, 1.165) is 0 Å². The lowest BCUT2D eigenvalue weighted by molar-refractivity contribution is -0.120. The molecule has 1 aromatic carbocycles. The number of nitrogens with one attached hydrogen (secondary N) is 1. The first-order chi connectivity index (χ1) is 8.61. The first-order valence-electron chi connectivity index (χ1n) is 5.63. The van der Waals surface area contributed by atoms with Crippen LogP contribution in [-0.2, 0) is 9.59 Å². The van der Waals surface area contributed by atoms with E-state index in [0.29, 0.717) is 30.8 Å². The summed E-state index contributed by atoms with van der Waals surface area (Å²) < 4.78 is 5.12. The summed E-state index contributed by atoms with van der Waals surface area (Å²) in [6.45, 7) is 0.291. The Bertz CT molecular complexity index is 421. The van der Waals surface area contributed by atoms with Crippen molar-refractivity contribution >= 4 is 17.5 Å². The maximum atomic E-state index is 11.5. The average Bonchev–Trinajstić information content (AvgIpc) is 2.34. The van der Waals surface area contributed by atoms with Gasteiger partial charge in [-0.2, -0.15) is 0 Å². The Balaban J connectivity index is 2.53. The van der Waals surface area contributed by atoms with E-state index in [1.54, 1.807) is 24.3 Å². The van der Waals surface area contributed by atoms with Gasteiger partial charge in [-0.25, -0.2) is 0 Å². The van der Waals surface area contributed by atoms with E-state index in [2.05, 4.69) is 5.32 Å². The molecule has 6 nitrogen and oxygen atoms in total. The van der Waals surface area contributed by atoms with E-state index < -0.39 is 5.91 Å². The molecule has 0 unspecified atom stereocenters. The lowest BCUT2D eigenvalue weighted by Crippen LogP contribution is -2.20. The highest BCUT2D eigenvalue weighted by molar-refractivity contribution is 5.90. The van der Waals surface area contributed by atoms with Crippen LogP contribution in [0.5, 0.6) is 5.75 Å². The van der Waals surface area contributed by atoms with E-state index in [1.165, 1.54) is 0 Å². The highest BCUT2D eigenvalue weighted by atomic mass is 16.5. The second-order valence-electron chi connectivity index (χ2n) is 3.72. The Kier molecular flexibility index (Phi) is 5.66. The molecule has 0 heterocycles. The Morgan fingerprint density at radius 2 is 2.11 bits per heavy atom. The molecule has 1 rings (SSSR count). The first-order valence-corrected chi connectivity index (χ1v) is 5.63. The van der Waals surface area contributed by atoms with Crippen LogP contribution in [0.2, 0.25) is 0 Å². The summed E-state index contributed by atoms with van der Waals surface area (Å²) in [6, 6.07) is 6.76. The summed E-state index contributed by atoms with van der Waals surface area (Å²) in [7, 11) is 0. The number of carbonyl (C=O) groups excluding carboxylic acids is 2. The molecule has 0 aliphatic carbocycles. The van der Waals surface area contributed by atoms with E-state index in [-0.39, 0.29) is 12.5 Å². The third kappa shape index (κ3) is 5.31. The first kappa shape index (κ1) is 14.0. The Labute approximate surface area is 105 Å². The van der Waals surface area contributed by atoms with E-state index in [9.17, 15) is 9.59 Å². The van der Waals surface area contributed by atoms with Gasteiger partial charge in [-0.3, -0.25) is 9.59 Å². The van der Waals surface area contributed by atoms with Crippen LogP contribution in [0.3, 0.4) is 0 Å². The van der Waals surface area contributed by atoms with Crippen LogP contribution in [-0.4, -0.2) is 25.0 Å². The Morgan fingerprint density at radius 1 is 1.33 bits per heavy atom. The molecule has 0 aromatic heterocycles. The molecule has 18 heavy (non-hydrogen) atoms. The fourth-order valence-electron chi connectivity index (χ4n) is 1.30. The molecule has 0 bridgehead atoms. The van der Waals surface area contributed by atoms with Gasteiger partial charge in [0.2, 0.25) is 5.91 Å². The molecule has 0 spiro atoms. The fraction of sp³-hybridized carbons (Fsp3) is 0.333. The third-order valence-corrected chi connectivity index (χ3v) is 2.11. The number of hydrogen-bond acceptors (Lipinski definition) is 4. The van der Waals surface area contributed by atoms with Crippen molar-refractivity contribution in [1.29, 1.82) is 0 Å². The zero-order valence-corrected chi connectivity index (χ0v) is 10.0. The highest BCUT2D eigenvalue weighted by Crippen LogP contribution is 2.17. The Hall–Kier alpha value is -2.08. The molecule has 0 aliphatic rings. The van der Waals surface area contributed by atoms with Crippen LogP contribution >= 0.6 is 0 Å². The summed E-state index contributed by atoms with van der Waals surface area (Å²) in [5, 5.41) is 2.71. The van der Waals surface area contributed by atoms with Gasteiger partial charge in [0.1, 0.15) is 5.75 Å². The van der Waals surface area contributed by atoms with Crippen molar-refractivity contribution in [3.8, 4) is 5.75 Å². The van der Waals surface area contributed by atoms with Gasteiger partial charge in [-0.15, -0.1) is 0 Å². The van der Waals surface area contributed by atoms with Gasteiger partial charge in [0, 0.05) is 18.2 Å². The van der Waals surface area contributed by atoms with Gasteiger partial charge in [0.25, 0.3) is 5.91 Å². The van der Waals surface area contributed by atoms with Gasteiger partial charge < -0.3 is 21.5 Å². The van der Waals surface area contributed by atoms with Gasteiger partial charge in [0.05, 0.1) is 0 Å². The molecule has 0 saturated carbocycles. The predicted octanol–water partition coefficient (Wildman–Crippen LogP) is 0.228. The van der Waals surface area contributed by atoms with Crippen molar-refractivity contribution in [2.45, 2.75) is 12.8 Å². The zero-order chi connectivity index (χ0) is 13.4. The summed E-state index contributed by atoms with van der Waals surface area (Å²) in [5.41, 5.74) is 10.9. The van der Waals surface area contributed by atoms with Crippen LogP contribution in [0.1, 0.15) is 12.8 Å². The van der Waals surface area contributed by atoms with E-state index in [1.807, 2.05) is 0 Å². The van der Waals surface area contributed by atoms with Crippen LogP contribution in [0, 0.1) is 0 Å². The molecular formula is C12H17N3O3. The van der Waals surface area contributed by atoms with Crippen LogP contribution < -0.4 is 21.5 Å². The van der Waals surface area contributed by atoms with Crippen molar-refractivity contribution in [3.05, 3.63) is 24.3 Å². The van der Waals surface area contributed by atoms with E-state index in [4.69, 9.17) is 16.2 Å². The molecule has 5 N–H and O–H groups in total. The minimum absolute atomic E-state index is 0.104. The van der Waals surface area contributed by atoms with Crippen molar-refractivity contribution in [3.63, 3.8) is 0 Å². The van der Waals surface area contributed by atoms with Crippen molar-refractivity contribution in [2.24, 2.45) is 11.5 Å². The molecule has 6 heteroatoms. The minimum Gasteiger partial charge on any atom is -0.484 e. The highest BCUT2D eigenvalue weighted by Gasteiger charge is 2.03. The third-order valence-electron chi connectivity index (χ3n) is 2.11. The largest absolute Gasteiger partial charge is 0.484 e. The van der Waals surface area contributed by atoms with Crippen LogP contribution in [0.4, 0.5) is 5.69 Å². The number of nitrogens with two attached hydrogens (primary N) is 2. The van der Waals surface area contributed by atoms with Crippen molar-refractivity contribution < 1.29 is 14.3 Å². The molecule has 0 saturated heterocycles. The maximum absolute atomic E-state index is 11.5. The van der Waals surface area contributed by atoms with Gasteiger partial charge in [-0.05, 0) is 25.1 Å². The predicted molar refractivity (Wildman–Crippen MR) is 68.0 cm³/mol. The van der Waals surface area contributed by atoms with Crippen LogP contribution in [0.15, 0.2) is 24.3 Å². The number of benzene rings is 1.